The highest BCUT2D eigenvalue weighted by atomic mass is 16.3. The summed E-state index contributed by atoms with van der Waals surface area (Å²) in [4.78, 5) is 12.2. The monoisotopic (exact) mass is 87.0 g/mol. The van der Waals surface area contributed by atoms with Crippen LogP contribution in [0.1, 0.15) is 0 Å². The zero-order chi connectivity index (χ0) is 4.83. The van der Waals surface area contributed by atoms with Gasteiger partial charge in [0.2, 0.25) is 6.08 Å². The molecule has 0 aliphatic rings. The van der Waals surface area contributed by atoms with Crippen LogP contribution in [0.2, 0.25) is 0 Å². The minimum Gasteiger partial charge on any atom is -0.394 e. The molecule has 0 atom stereocenters. The number of carbonyl (C=O) groups excluding carboxylic acids is 1. The highest BCUT2D eigenvalue weighted by Gasteiger charge is 1.67. The fraction of sp³-hybridized carbons (Fsp3) is 0.667. The van der Waals surface area contributed by atoms with Crippen molar-refractivity contribution >= 4 is 6.08 Å². The highest BCUT2D eigenvalue weighted by molar-refractivity contribution is 5.32. The highest BCUT2D eigenvalue weighted by Crippen LogP contribution is 1.56. The molecule has 3 heteroatoms. The quantitative estimate of drug-likeness (QED) is 0.358. The largest absolute Gasteiger partial charge is 0.394 e. The van der Waals surface area contributed by atoms with Gasteiger partial charge in [-0.3, -0.25) is 0 Å². The van der Waals surface area contributed by atoms with Crippen LogP contribution in [0.15, 0.2) is 4.99 Å². The third-order valence-electron chi connectivity index (χ3n) is 0.276. The zero-order valence-corrected chi connectivity index (χ0v) is 3.22. The lowest BCUT2D eigenvalue weighted by Gasteiger charge is -1.72. The average molecular weight is 87.1 g/mol. The van der Waals surface area contributed by atoms with Crippen LogP contribution in [-0.2, 0) is 4.79 Å². The molecule has 0 aromatic heterocycles. The molecule has 1 N–H and O–H groups in total. The van der Waals surface area contributed by atoms with Crippen LogP contribution in [-0.4, -0.2) is 24.3 Å². The molecule has 0 aliphatic carbocycles. The van der Waals surface area contributed by atoms with Crippen LogP contribution < -0.4 is 0 Å². The van der Waals surface area contributed by atoms with Crippen LogP contribution >= 0.6 is 0 Å². The van der Waals surface area contributed by atoms with E-state index in [9.17, 15) is 0 Å². The van der Waals surface area contributed by atoms with Gasteiger partial charge in [-0.25, -0.2) is 9.79 Å². The van der Waals surface area contributed by atoms with Gasteiger partial charge < -0.3 is 5.11 Å². The van der Waals surface area contributed by atoms with E-state index in [1.165, 1.54) is 6.08 Å². The van der Waals surface area contributed by atoms with E-state index in [0.29, 0.717) is 0 Å². The molecule has 0 heterocycles. The molecule has 0 saturated heterocycles. The first-order valence-corrected chi connectivity index (χ1v) is 1.56. The van der Waals surface area contributed by atoms with Crippen molar-refractivity contribution in [3.05, 3.63) is 0 Å². The molecule has 0 aromatic carbocycles. The molecule has 0 rings (SSSR count). The molecule has 0 saturated carbocycles. The molecule has 0 spiro atoms. The van der Waals surface area contributed by atoms with E-state index in [1.807, 2.05) is 0 Å². The second-order valence-corrected chi connectivity index (χ2v) is 0.697. The van der Waals surface area contributed by atoms with Gasteiger partial charge in [-0.05, 0) is 0 Å². The molecule has 0 aromatic rings. The Morgan fingerprint density at radius 2 is 2.50 bits per heavy atom. The molecular formula is C3H5NO2. The van der Waals surface area contributed by atoms with Gasteiger partial charge in [0.15, 0.2) is 0 Å². The van der Waals surface area contributed by atoms with Crippen molar-refractivity contribution in [3.8, 4) is 0 Å². The maximum Gasteiger partial charge on any atom is 0.235 e. The lowest BCUT2D eigenvalue weighted by Crippen LogP contribution is -1.83. The summed E-state index contributed by atoms with van der Waals surface area (Å²) in [5, 5.41) is 7.92. The SMILES string of the molecule is O=C=NCCO. The van der Waals surface area contributed by atoms with Crippen LogP contribution in [0, 0.1) is 0 Å². The van der Waals surface area contributed by atoms with Crippen LogP contribution in [0.25, 0.3) is 0 Å². The molecular weight excluding hydrogens is 82.0 g/mol. The standard InChI is InChI=1S/C3H5NO2/c5-2-1-4-3-6/h5H,1-2H2. The predicted molar refractivity (Wildman–Crippen MR) is 20.1 cm³/mol. The first-order chi connectivity index (χ1) is 2.91. The smallest absolute Gasteiger partial charge is 0.235 e. The van der Waals surface area contributed by atoms with Gasteiger partial charge in [-0.15, -0.1) is 0 Å². The zero-order valence-electron chi connectivity index (χ0n) is 3.22. The number of hydrogen-bond acceptors (Lipinski definition) is 3. The van der Waals surface area contributed by atoms with Gasteiger partial charge in [-0.2, -0.15) is 0 Å². The number of aliphatic hydroxyl groups excluding tert-OH is 1. The van der Waals surface area contributed by atoms with Gasteiger partial charge in [-0.1, -0.05) is 0 Å². The number of hydrogen-bond donors (Lipinski definition) is 1. The van der Waals surface area contributed by atoms with Crippen molar-refractivity contribution < 1.29 is 9.90 Å². The Morgan fingerprint density at radius 1 is 1.83 bits per heavy atom. The summed E-state index contributed by atoms with van der Waals surface area (Å²) in [6.45, 7) is 0.0960. The van der Waals surface area contributed by atoms with Crippen molar-refractivity contribution in [2.45, 2.75) is 0 Å². The number of rotatable bonds is 2. The molecule has 0 fully saturated rings. The molecule has 0 amide bonds. The van der Waals surface area contributed by atoms with Crippen LogP contribution in [0.4, 0.5) is 0 Å². The van der Waals surface area contributed by atoms with Gasteiger partial charge in [0.05, 0.1) is 13.2 Å². The molecule has 0 aliphatic heterocycles. The Bertz CT molecular complexity index is 65.2. The Morgan fingerprint density at radius 3 is 2.67 bits per heavy atom. The second kappa shape index (κ2) is 4.34. The average Bonchev–Trinajstić information content (AvgIpc) is 1.61. The number of aliphatic hydroxyl groups is 1. The summed E-state index contributed by atoms with van der Waals surface area (Å²) in [5.74, 6) is 0. The lowest BCUT2D eigenvalue weighted by molar-refractivity contribution is 0.306. The maximum atomic E-state index is 9.16. The fourth-order valence-corrected chi connectivity index (χ4v) is 0.0956. The summed E-state index contributed by atoms with van der Waals surface area (Å²) < 4.78 is 0. The lowest BCUT2D eigenvalue weighted by atomic mass is 10.7. The van der Waals surface area contributed by atoms with Crippen LogP contribution in [0.5, 0.6) is 0 Å². The van der Waals surface area contributed by atoms with E-state index in [-0.39, 0.29) is 13.2 Å². The number of isocyanates is 1. The Balaban J connectivity index is 2.86. The summed E-state index contributed by atoms with van der Waals surface area (Å²) in [5.41, 5.74) is 0. The summed E-state index contributed by atoms with van der Waals surface area (Å²) in [7, 11) is 0. The van der Waals surface area contributed by atoms with E-state index >= 15 is 0 Å². The van der Waals surface area contributed by atoms with E-state index in [2.05, 4.69) is 4.99 Å². The third kappa shape index (κ3) is 3.34. The van der Waals surface area contributed by atoms with Crippen LogP contribution in [0.3, 0.4) is 0 Å². The Labute approximate surface area is 35.3 Å². The first kappa shape index (κ1) is 5.34. The van der Waals surface area contributed by atoms with Gasteiger partial charge >= 0.3 is 0 Å². The fourth-order valence-electron chi connectivity index (χ4n) is 0.0956. The Kier molecular flexibility index (Phi) is 3.86. The van der Waals surface area contributed by atoms with E-state index in [0.717, 1.165) is 0 Å². The number of aliphatic imine (C=N–C) groups is 1. The summed E-state index contributed by atoms with van der Waals surface area (Å²) in [6, 6.07) is 0. The van der Waals surface area contributed by atoms with Gasteiger partial charge in [0.25, 0.3) is 0 Å². The predicted octanol–water partition coefficient (Wildman–Crippen LogP) is -0.685. The molecule has 3 nitrogen and oxygen atoms in total. The summed E-state index contributed by atoms with van der Waals surface area (Å²) in [6.07, 6.45) is 1.28. The first-order valence-electron chi connectivity index (χ1n) is 1.56. The van der Waals surface area contributed by atoms with Crippen molar-refractivity contribution in [3.63, 3.8) is 0 Å². The Hall–Kier alpha value is -0.660. The van der Waals surface area contributed by atoms with Crippen molar-refractivity contribution in [1.29, 1.82) is 0 Å². The molecule has 34 valence electrons. The van der Waals surface area contributed by atoms with Gasteiger partial charge in [0, 0.05) is 0 Å². The van der Waals surface area contributed by atoms with Crippen molar-refractivity contribution in [2.24, 2.45) is 4.99 Å². The van der Waals surface area contributed by atoms with E-state index < -0.39 is 0 Å². The van der Waals surface area contributed by atoms with Crippen molar-refractivity contribution in [1.82, 2.24) is 0 Å². The molecule has 0 unspecified atom stereocenters. The topological polar surface area (TPSA) is 49.7 Å². The van der Waals surface area contributed by atoms with E-state index in [4.69, 9.17) is 9.90 Å². The minimum absolute atomic E-state index is 0.0742. The van der Waals surface area contributed by atoms with Crippen molar-refractivity contribution in [2.75, 3.05) is 13.2 Å². The second-order valence-electron chi connectivity index (χ2n) is 0.697. The van der Waals surface area contributed by atoms with Gasteiger partial charge in [0.1, 0.15) is 0 Å². The molecule has 0 radical (unpaired) electrons. The summed E-state index contributed by atoms with van der Waals surface area (Å²) >= 11 is 0. The minimum atomic E-state index is -0.0742. The third-order valence-corrected chi connectivity index (χ3v) is 0.276. The normalized spacial score (nSPS) is 6.83. The molecule has 6 heavy (non-hydrogen) atoms. The maximum absolute atomic E-state index is 9.16. The molecule has 0 bridgehead atoms. The van der Waals surface area contributed by atoms with E-state index in [1.54, 1.807) is 0 Å². The number of nitrogens with zero attached hydrogens (tertiary/aromatic N) is 1.